The van der Waals surface area contributed by atoms with Crippen molar-refractivity contribution in [3.05, 3.63) is 64.7 Å². The van der Waals surface area contributed by atoms with Gasteiger partial charge in [-0.2, -0.15) is 13.2 Å². The van der Waals surface area contributed by atoms with Gasteiger partial charge in [0.25, 0.3) is 11.8 Å². The Labute approximate surface area is 212 Å². The molecule has 0 aromatic heterocycles. The fourth-order valence-corrected chi connectivity index (χ4v) is 5.56. The Kier molecular flexibility index (Phi) is 6.70. The van der Waals surface area contributed by atoms with Gasteiger partial charge >= 0.3 is 6.18 Å². The number of benzene rings is 2. The van der Waals surface area contributed by atoms with E-state index in [4.69, 9.17) is 0 Å². The van der Waals surface area contributed by atoms with Crippen LogP contribution in [0.5, 0.6) is 0 Å². The van der Waals surface area contributed by atoms with Gasteiger partial charge in [0.1, 0.15) is 0 Å². The molecule has 37 heavy (non-hydrogen) atoms. The number of alkyl halides is 3. The molecule has 0 saturated carbocycles. The Bertz CT molecular complexity index is 1230. The molecule has 2 saturated heterocycles. The zero-order valence-corrected chi connectivity index (χ0v) is 20.2. The van der Waals surface area contributed by atoms with Crippen molar-refractivity contribution >= 4 is 23.4 Å². The number of β-amino-alcohol motifs (C(OH)–C–C–N with tert-alkyl or cyclic N) is 1. The van der Waals surface area contributed by atoms with Crippen molar-refractivity contribution in [3.63, 3.8) is 0 Å². The lowest BCUT2D eigenvalue weighted by Gasteiger charge is -2.38. The number of halogens is 3. The smallest absolute Gasteiger partial charge is 0.391 e. The van der Waals surface area contributed by atoms with Crippen LogP contribution in [-0.4, -0.2) is 64.9 Å². The molecule has 5 rings (SSSR count). The summed E-state index contributed by atoms with van der Waals surface area (Å²) in [4.78, 5) is 44.3. The van der Waals surface area contributed by atoms with Gasteiger partial charge in [-0.1, -0.05) is 18.2 Å². The number of anilines is 1. The lowest BCUT2D eigenvalue weighted by Crippen LogP contribution is -2.49. The predicted molar refractivity (Wildman–Crippen MR) is 129 cm³/mol. The average molecular weight is 516 g/mol. The first-order valence-electron chi connectivity index (χ1n) is 12.5. The summed E-state index contributed by atoms with van der Waals surface area (Å²) in [5.41, 5.74) is 0.354. The minimum absolute atomic E-state index is 0.00963. The van der Waals surface area contributed by atoms with Gasteiger partial charge < -0.3 is 14.9 Å². The topological polar surface area (TPSA) is 81.2 Å². The van der Waals surface area contributed by atoms with Crippen LogP contribution in [0.15, 0.2) is 42.5 Å². The van der Waals surface area contributed by atoms with Crippen molar-refractivity contribution in [2.75, 3.05) is 31.1 Å². The van der Waals surface area contributed by atoms with Crippen LogP contribution in [0.2, 0.25) is 0 Å². The number of aliphatic hydroxyl groups excluding tert-OH is 1. The van der Waals surface area contributed by atoms with Crippen LogP contribution in [-0.2, 0) is 17.5 Å². The van der Waals surface area contributed by atoms with E-state index in [0.29, 0.717) is 44.7 Å². The van der Waals surface area contributed by atoms with Gasteiger partial charge in [0.05, 0.1) is 40.9 Å². The van der Waals surface area contributed by atoms with Crippen molar-refractivity contribution in [2.24, 2.45) is 5.92 Å². The van der Waals surface area contributed by atoms with E-state index in [2.05, 4.69) is 0 Å². The third kappa shape index (κ3) is 4.94. The number of imide groups is 1. The van der Waals surface area contributed by atoms with E-state index in [-0.39, 0.29) is 35.1 Å². The molecule has 3 aliphatic heterocycles. The maximum absolute atomic E-state index is 13.4. The standard InChI is InChI=1S/C27H28F3N3O4/c28-27(29,30)19-7-1-5-17(13-19)14-33-25(36)21-9-2-10-22(23(21)26(33)37)31-11-3-6-18(15-31)24(35)32-12-4-8-20(34)16-32/h1-2,5,7,9-10,13,18,20,34H,3-4,6,8,11-12,14-16H2. The molecular weight excluding hydrogens is 487 g/mol. The summed E-state index contributed by atoms with van der Waals surface area (Å²) < 4.78 is 39.4. The highest BCUT2D eigenvalue weighted by Crippen LogP contribution is 2.36. The largest absolute Gasteiger partial charge is 0.416 e. The number of rotatable bonds is 4. The minimum atomic E-state index is -4.53. The summed E-state index contributed by atoms with van der Waals surface area (Å²) in [6, 6.07) is 9.58. The maximum Gasteiger partial charge on any atom is 0.416 e. The summed E-state index contributed by atoms with van der Waals surface area (Å²) >= 11 is 0. The first-order chi connectivity index (χ1) is 17.6. The molecule has 7 nitrogen and oxygen atoms in total. The first-order valence-corrected chi connectivity index (χ1v) is 12.5. The van der Waals surface area contributed by atoms with Crippen LogP contribution >= 0.6 is 0 Å². The second-order valence-corrected chi connectivity index (χ2v) is 9.96. The molecular formula is C27H28F3N3O4. The number of hydrogen-bond acceptors (Lipinski definition) is 5. The number of nitrogens with zero attached hydrogens (tertiary/aromatic N) is 3. The van der Waals surface area contributed by atoms with Crippen molar-refractivity contribution < 1.29 is 32.7 Å². The number of likely N-dealkylation sites (tertiary alicyclic amines) is 1. The highest BCUT2D eigenvalue weighted by Gasteiger charge is 2.40. The zero-order chi connectivity index (χ0) is 26.3. The Morgan fingerprint density at radius 3 is 2.49 bits per heavy atom. The first kappa shape index (κ1) is 25.3. The Morgan fingerprint density at radius 1 is 0.973 bits per heavy atom. The number of amides is 3. The second-order valence-electron chi connectivity index (χ2n) is 9.96. The highest BCUT2D eigenvalue weighted by molar-refractivity contribution is 6.23. The van der Waals surface area contributed by atoms with E-state index >= 15 is 0 Å². The summed E-state index contributed by atoms with van der Waals surface area (Å²) in [6.45, 7) is 1.67. The third-order valence-electron chi connectivity index (χ3n) is 7.39. The monoisotopic (exact) mass is 515 g/mol. The van der Waals surface area contributed by atoms with Crippen molar-refractivity contribution in [1.29, 1.82) is 0 Å². The number of fused-ring (bicyclic) bond motifs is 1. The maximum atomic E-state index is 13.4. The summed E-state index contributed by atoms with van der Waals surface area (Å²) in [7, 11) is 0. The Balaban J connectivity index is 1.36. The molecule has 2 unspecified atom stereocenters. The Hall–Kier alpha value is -3.40. The van der Waals surface area contributed by atoms with Crippen LogP contribution in [0.3, 0.4) is 0 Å². The molecule has 3 amide bonds. The molecule has 0 bridgehead atoms. The van der Waals surface area contributed by atoms with Gasteiger partial charge in [0.15, 0.2) is 0 Å². The second kappa shape index (κ2) is 9.81. The molecule has 2 atom stereocenters. The van der Waals surface area contributed by atoms with E-state index in [1.807, 2.05) is 4.90 Å². The van der Waals surface area contributed by atoms with Gasteiger partial charge in [-0.25, -0.2) is 0 Å². The van der Waals surface area contributed by atoms with Gasteiger partial charge in [-0.15, -0.1) is 0 Å². The van der Waals surface area contributed by atoms with Crippen LogP contribution in [0.25, 0.3) is 0 Å². The average Bonchev–Trinajstić information content (AvgIpc) is 3.13. The number of carbonyl (C=O) groups excluding carboxylic acids is 3. The molecule has 196 valence electrons. The quantitative estimate of drug-likeness (QED) is 0.629. The molecule has 2 aromatic rings. The number of piperidine rings is 2. The summed E-state index contributed by atoms with van der Waals surface area (Å²) in [6.07, 6.45) is -2.17. The molecule has 3 aliphatic rings. The van der Waals surface area contributed by atoms with Crippen LogP contribution < -0.4 is 4.90 Å². The predicted octanol–water partition coefficient (Wildman–Crippen LogP) is 3.70. The van der Waals surface area contributed by atoms with Crippen molar-refractivity contribution in [1.82, 2.24) is 9.80 Å². The Morgan fingerprint density at radius 2 is 1.73 bits per heavy atom. The van der Waals surface area contributed by atoms with Crippen LogP contribution in [0, 0.1) is 5.92 Å². The SMILES string of the molecule is O=C(C1CCCN(c2cccc3c2C(=O)N(Cc2cccc(C(F)(F)F)c2)C3=O)C1)N1CCCC(O)C1. The fourth-order valence-electron chi connectivity index (χ4n) is 5.56. The van der Waals surface area contributed by atoms with Crippen LogP contribution in [0.1, 0.15) is 57.5 Å². The van der Waals surface area contributed by atoms with E-state index in [9.17, 15) is 32.7 Å². The lowest BCUT2D eigenvalue weighted by molar-refractivity contribution is -0.139. The van der Waals surface area contributed by atoms with Gasteiger partial charge in [-0.3, -0.25) is 19.3 Å². The lowest BCUT2D eigenvalue weighted by atomic mass is 9.94. The van der Waals surface area contributed by atoms with E-state index < -0.39 is 29.7 Å². The molecule has 3 heterocycles. The van der Waals surface area contributed by atoms with Crippen molar-refractivity contribution in [2.45, 2.75) is 44.5 Å². The number of hydrogen-bond donors (Lipinski definition) is 1. The normalized spacial score (nSPS) is 22.4. The molecule has 0 spiro atoms. The highest BCUT2D eigenvalue weighted by atomic mass is 19.4. The fraction of sp³-hybridized carbons (Fsp3) is 0.444. The number of carbonyl (C=O) groups is 3. The molecule has 2 aromatic carbocycles. The van der Waals surface area contributed by atoms with Gasteiger partial charge in [-0.05, 0) is 55.5 Å². The molecule has 0 aliphatic carbocycles. The van der Waals surface area contributed by atoms with Crippen LogP contribution in [0.4, 0.5) is 18.9 Å². The minimum Gasteiger partial charge on any atom is -0.391 e. The number of aliphatic hydroxyl groups is 1. The molecule has 10 heteroatoms. The summed E-state index contributed by atoms with van der Waals surface area (Å²) in [5, 5.41) is 9.97. The summed E-state index contributed by atoms with van der Waals surface area (Å²) in [5.74, 6) is -1.40. The van der Waals surface area contributed by atoms with Crippen molar-refractivity contribution in [3.8, 4) is 0 Å². The van der Waals surface area contributed by atoms with E-state index in [1.54, 1.807) is 23.1 Å². The third-order valence-corrected chi connectivity index (χ3v) is 7.39. The molecule has 2 fully saturated rings. The molecule has 1 N–H and O–H groups in total. The van der Waals surface area contributed by atoms with E-state index in [0.717, 1.165) is 29.9 Å². The van der Waals surface area contributed by atoms with Gasteiger partial charge in [0.2, 0.25) is 5.91 Å². The molecule has 0 radical (unpaired) electrons. The van der Waals surface area contributed by atoms with Gasteiger partial charge in [0, 0.05) is 26.2 Å². The zero-order valence-electron chi connectivity index (χ0n) is 20.2. The van der Waals surface area contributed by atoms with E-state index in [1.165, 1.54) is 12.1 Å².